The Balaban J connectivity index is 3.38. The Morgan fingerprint density at radius 3 is 2.18 bits per heavy atom. The first-order chi connectivity index (χ1) is 5.00. The molecule has 0 saturated heterocycles. The van der Waals surface area contributed by atoms with Crippen LogP contribution in [0.3, 0.4) is 0 Å². The van der Waals surface area contributed by atoms with E-state index in [1.54, 1.807) is 19.9 Å². The third kappa shape index (κ3) is 1.05. The van der Waals surface area contributed by atoms with Gasteiger partial charge in [-0.2, -0.15) is 0 Å². The highest BCUT2D eigenvalue weighted by molar-refractivity contribution is 7.99. The summed E-state index contributed by atoms with van der Waals surface area (Å²) in [5, 5.41) is 0. The molecular weight excluding hydrogens is 160 g/mol. The van der Waals surface area contributed by atoms with Gasteiger partial charge in [-0.1, -0.05) is 12.7 Å². The molecule has 0 aromatic heterocycles. The molecule has 0 radical (unpaired) electrons. The second-order valence-electron chi connectivity index (χ2n) is 2.49. The highest BCUT2D eigenvalue weighted by atomic mass is 32.2. The van der Waals surface area contributed by atoms with Crippen molar-refractivity contribution in [3.05, 3.63) is 34.1 Å². The van der Waals surface area contributed by atoms with Gasteiger partial charge in [-0.25, -0.2) is 8.42 Å². The highest BCUT2D eigenvalue weighted by Crippen LogP contribution is 2.29. The lowest BCUT2D eigenvalue weighted by molar-refractivity contribution is 0.609. The lowest BCUT2D eigenvalue weighted by Gasteiger charge is -1.96. The van der Waals surface area contributed by atoms with Crippen LogP contribution >= 0.6 is 0 Å². The van der Waals surface area contributed by atoms with Crippen LogP contribution in [-0.2, 0) is 9.84 Å². The lowest BCUT2D eigenvalue weighted by Crippen LogP contribution is -1.98. The van der Waals surface area contributed by atoms with E-state index in [4.69, 9.17) is 0 Å². The zero-order valence-electron chi connectivity index (χ0n) is 6.59. The van der Waals surface area contributed by atoms with Crippen molar-refractivity contribution >= 4 is 9.84 Å². The summed E-state index contributed by atoms with van der Waals surface area (Å²) in [6, 6.07) is 0. The van der Waals surface area contributed by atoms with Gasteiger partial charge in [0.2, 0.25) is 9.84 Å². The van der Waals surface area contributed by atoms with E-state index in [1.807, 2.05) is 0 Å². The van der Waals surface area contributed by atoms with Crippen LogP contribution in [0.4, 0.5) is 0 Å². The minimum Gasteiger partial charge on any atom is -0.219 e. The van der Waals surface area contributed by atoms with Gasteiger partial charge in [-0.3, -0.25) is 0 Å². The smallest absolute Gasteiger partial charge is 0.202 e. The normalized spacial score (nSPS) is 21.8. The van der Waals surface area contributed by atoms with Crippen LogP contribution < -0.4 is 0 Å². The fraction of sp³-hybridized carbons (Fsp3) is 0.250. The van der Waals surface area contributed by atoms with Crippen LogP contribution in [0.25, 0.3) is 0 Å². The minimum atomic E-state index is -3.14. The molecule has 1 aliphatic rings. The quantitative estimate of drug-likeness (QED) is 0.601. The van der Waals surface area contributed by atoms with E-state index >= 15 is 0 Å². The molecule has 0 aliphatic carbocycles. The van der Waals surface area contributed by atoms with Crippen LogP contribution in [0.5, 0.6) is 0 Å². The third-order valence-electron chi connectivity index (χ3n) is 1.83. The molecule has 0 atom stereocenters. The molecule has 0 spiro atoms. The molecule has 0 aromatic rings. The fourth-order valence-corrected chi connectivity index (χ4v) is 2.34. The average molecular weight is 170 g/mol. The van der Waals surface area contributed by atoms with Crippen LogP contribution in [0, 0.1) is 0 Å². The van der Waals surface area contributed by atoms with E-state index in [0.29, 0.717) is 9.81 Å². The molecule has 0 saturated carbocycles. The van der Waals surface area contributed by atoms with E-state index in [1.165, 1.54) is 6.08 Å². The van der Waals surface area contributed by atoms with E-state index < -0.39 is 9.84 Å². The Kier molecular flexibility index (Phi) is 1.76. The van der Waals surface area contributed by atoms with Gasteiger partial charge in [0, 0.05) is 4.91 Å². The van der Waals surface area contributed by atoms with Gasteiger partial charge < -0.3 is 0 Å². The average Bonchev–Trinajstić information content (AvgIpc) is 2.13. The molecule has 0 fully saturated rings. The molecule has 3 heteroatoms. The van der Waals surface area contributed by atoms with Crippen molar-refractivity contribution in [2.75, 3.05) is 0 Å². The molecule has 1 rings (SSSR count). The summed E-state index contributed by atoms with van der Waals surface area (Å²) >= 11 is 0. The lowest BCUT2D eigenvalue weighted by atomic mass is 10.3. The summed E-state index contributed by atoms with van der Waals surface area (Å²) in [7, 11) is -3.14. The number of hydrogen-bond acceptors (Lipinski definition) is 2. The van der Waals surface area contributed by atoms with Crippen molar-refractivity contribution in [3.63, 3.8) is 0 Å². The first kappa shape index (κ1) is 8.27. The summed E-state index contributed by atoms with van der Waals surface area (Å²) in [4.78, 5) is 0.750. The maximum atomic E-state index is 11.3. The molecule has 1 aliphatic heterocycles. The predicted molar refractivity (Wildman–Crippen MR) is 45.6 cm³/mol. The molecule has 0 amide bonds. The molecule has 0 aromatic carbocycles. The number of allylic oxidation sites excluding steroid dienone is 4. The monoisotopic (exact) mass is 170 g/mol. The van der Waals surface area contributed by atoms with Gasteiger partial charge in [0.15, 0.2) is 0 Å². The first-order valence-corrected chi connectivity index (χ1v) is 4.75. The van der Waals surface area contributed by atoms with E-state index in [2.05, 4.69) is 6.58 Å². The Morgan fingerprint density at radius 2 is 2.00 bits per heavy atom. The summed E-state index contributed by atoms with van der Waals surface area (Å²) < 4.78 is 22.7. The standard InChI is InChI=1S/C8H10O2S/c1-4-8-5-6(2)7(3)11(8,9)10/h4-5H,1H2,2-3H3. The maximum absolute atomic E-state index is 11.3. The summed E-state index contributed by atoms with van der Waals surface area (Å²) in [6.45, 7) is 6.82. The molecule has 2 nitrogen and oxygen atoms in total. The number of hydrogen-bond donors (Lipinski definition) is 0. The van der Waals surface area contributed by atoms with Crippen molar-refractivity contribution < 1.29 is 8.42 Å². The fourth-order valence-electron chi connectivity index (χ4n) is 0.950. The van der Waals surface area contributed by atoms with Gasteiger partial charge in [0.25, 0.3) is 0 Å². The Hall–Kier alpha value is -0.830. The zero-order chi connectivity index (χ0) is 8.65. The second-order valence-corrected chi connectivity index (χ2v) is 4.58. The van der Waals surface area contributed by atoms with E-state index in [-0.39, 0.29) is 0 Å². The van der Waals surface area contributed by atoms with Crippen LogP contribution in [-0.4, -0.2) is 8.42 Å². The molecule has 0 bridgehead atoms. The number of sulfone groups is 1. The van der Waals surface area contributed by atoms with Crippen molar-refractivity contribution in [3.8, 4) is 0 Å². The largest absolute Gasteiger partial charge is 0.219 e. The molecule has 60 valence electrons. The van der Waals surface area contributed by atoms with Crippen LogP contribution in [0.2, 0.25) is 0 Å². The molecule has 11 heavy (non-hydrogen) atoms. The molecule has 0 unspecified atom stereocenters. The van der Waals surface area contributed by atoms with Gasteiger partial charge >= 0.3 is 0 Å². The van der Waals surface area contributed by atoms with Crippen molar-refractivity contribution in [2.45, 2.75) is 13.8 Å². The van der Waals surface area contributed by atoms with E-state index in [9.17, 15) is 8.42 Å². The predicted octanol–water partition coefficient (Wildman–Crippen LogP) is 1.78. The maximum Gasteiger partial charge on any atom is 0.202 e. The van der Waals surface area contributed by atoms with Gasteiger partial charge in [-0.05, 0) is 25.5 Å². The topological polar surface area (TPSA) is 34.1 Å². The summed E-state index contributed by atoms with van der Waals surface area (Å²) in [5.41, 5.74) is 0.805. The van der Waals surface area contributed by atoms with Crippen LogP contribution in [0.1, 0.15) is 13.8 Å². The van der Waals surface area contributed by atoms with Crippen molar-refractivity contribution in [1.82, 2.24) is 0 Å². The number of rotatable bonds is 1. The van der Waals surface area contributed by atoms with Gasteiger partial charge in [0.1, 0.15) is 0 Å². The highest BCUT2D eigenvalue weighted by Gasteiger charge is 2.24. The second kappa shape index (κ2) is 2.34. The van der Waals surface area contributed by atoms with E-state index in [0.717, 1.165) is 5.57 Å². The van der Waals surface area contributed by atoms with Crippen LogP contribution in [0.15, 0.2) is 34.1 Å². The van der Waals surface area contributed by atoms with Gasteiger partial charge in [-0.15, -0.1) is 0 Å². The summed E-state index contributed by atoms with van der Waals surface area (Å²) in [5.74, 6) is 0. The van der Waals surface area contributed by atoms with Crippen molar-refractivity contribution in [1.29, 1.82) is 0 Å². The third-order valence-corrected chi connectivity index (χ3v) is 3.86. The van der Waals surface area contributed by atoms with Gasteiger partial charge in [0.05, 0.1) is 4.91 Å². The Bertz CT molecular complexity index is 356. The molecule has 1 heterocycles. The molecule has 0 N–H and O–H groups in total. The molecular formula is C8H10O2S. The zero-order valence-corrected chi connectivity index (χ0v) is 7.40. The minimum absolute atomic E-state index is 0.313. The first-order valence-electron chi connectivity index (χ1n) is 3.27. The summed E-state index contributed by atoms with van der Waals surface area (Å²) in [6.07, 6.45) is 3.01. The SMILES string of the molecule is C=CC1=CC(C)=C(C)S1(=O)=O. The Labute approximate surface area is 66.8 Å². The Morgan fingerprint density at radius 1 is 1.45 bits per heavy atom. The van der Waals surface area contributed by atoms with Crippen molar-refractivity contribution in [2.24, 2.45) is 0 Å².